The molecule has 34 heavy (non-hydrogen) atoms. The van der Waals surface area contributed by atoms with Gasteiger partial charge in [0.15, 0.2) is 5.75 Å². The van der Waals surface area contributed by atoms with E-state index < -0.39 is 0 Å². The van der Waals surface area contributed by atoms with Gasteiger partial charge in [0.1, 0.15) is 5.82 Å². The van der Waals surface area contributed by atoms with Crippen LogP contribution in [0.3, 0.4) is 0 Å². The van der Waals surface area contributed by atoms with Crippen LogP contribution in [0.4, 0.5) is 11.5 Å². The lowest BCUT2D eigenvalue weighted by atomic mass is 10.0. The highest BCUT2D eigenvalue weighted by molar-refractivity contribution is 7.99. The van der Waals surface area contributed by atoms with E-state index in [4.69, 9.17) is 4.74 Å². The number of hydrogen-bond donors (Lipinski definition) is 2. The van der Waals surface area contributed by atoms with Crippen LogP contribution in [-0.4, -0.2) is 71.5 Å². The Bertz CT molecular complexity index is 1150. The summed E-state index contributed by atoms with van der Waals surface area (Å²) in [5.41, 5.74) is 1.91. The number of likely N-dealkylation sites (tertiary alicyclic amines) is 1. The van der Waals surface area contributed by atoms with Crippen LogP contribution in [0.15, 0.2) is 34.1 Å². The number of nitrogens with one attached hydrogen (secondary N) is 2. The van der Waals surface area contributed by atoms with E-state index in [0.717, 1.165) is 80.7 Å². The van der Waals surface area contributed by atoms with Gasteiger partial charge in [0, 0.05) is 37.5 Å². The van der Waals surface area contributed by atoms with Crippen molar-refractivity contribution in [1.29, 1.82) is 0 Å². The maximum atomic E-state index is 12.8. The Morgan fingerprint density at radius 2 is 2.06 bits per heavy atom. The van der Waals surface area contributed by atoms with Gasteiger partial charge in [0.05, 0.1) is 41.7 Å². The lowest BCUT2D eigenvalue weighted by Gasteiger charge is -2.42. The van der Waals surface area contributed by atoms with E-state index in [-0.39, 0.29) is 17.5 Å². The van der Waals surface area contributed by atoms with E-state index in [0.29, 0.717) is 19.1 Å². The molecule has 0 aliphatic carbocycles. The van der Waals surface area contributed by atoms with Gasteiger partial charge >= 0.3 is 0 Å². The Hall–Kier alpha value is -2.56. The predicted molar refractivity (Wildman–Crippen MR) is 132 cm³/mol. The molecule has 4 aliphatic heterocycles. The van der Waals surface area contributed by atoms with Crippen LogP contribution in [0.2, 0.25) is 0 Å². The Morgan fingerprint density at radius 1 is 1.18 bits per heavy atom. The van der Waals surface area contributed by atoms with Gasteiger partial charge in [-0.05, 0) is 44.5 Å². The van der Waals surface area contributed by atoms with E-state index in [1.807, 2.05) is 22.5 Å². The molecule has 6 heterocycles. The molecule has 9 nitrogen and oxygen atoms in total. The van der Waals surface area contributed by atoms with Crippen molar-refractivity contribution in [2.75, 3.05) is 55.3 Å². The number of fused-ring (bicyclic) bond motifs is 1. The van der Waals surface area contributed by atoms with E-state index >= 15 is 0 Å². The molecule has 4 aliphatic rings. The average molecular weight is 483 g/mol. The van der Waals surface area contributed by atoms with E-state index in [1.54, 1.807) is 17.0 Å². The van der Waals surface area contributed by atoms with Gasteiger partial charge in [0.25, 0.3) is 5.56 Å². The quantitative estimate of drug-likeness (QED) is 0.665. The zero-order valence-corrected chi connectivity index (χ0v) is 20.0. The zero-order valence-electron chi connectivity index (χ0n) is 19.2. The summed E-state index contributed by atoms with van der Waals surface area (Å²) < 4.78 is 7.49. The SMILES string of the molecule is O=C1CNc2ccc(=O)n3c2N1CCC3CN1CCC(NCc2cc3c(cn2)OCCS3)CC1. The third-order valence-electron chi connectivity index (χ3n) is 7.25. The fraction of sp³-hybridized carbons (Fsp3) is 0.542. The van der Waals surface area contributed by atoms with Crippen molar-refractivity contribution >= 4 is 29.2 Å². The molecule has 10 heteroatoms. The van der Waals surface area contributed by atoms with Crippen LogP contribution in [0, 0.1) is 0 Å². The van der Waals surface area contributed by atoms with Gasteiger partial charge in [-0.3, -0.25) is 24.0 Å². The summed E-state index contributed by atoms with van der Waals surface area (Å²) in [6, 6.07) is 6.12. The number of aromatic nitrogens is 2. The van der Waals surface area contributed by atoms with Crippen LogP contribution in [0.1, 0.15) is 31.0 Å². The number of amides is 1. The topological polar surface area (TPSA) is 91.7 Å². The van der Waals surface area contributed by atoms with Crippen molar-refractivity contribution in [3.8, 4) is 5.75 Å². The molecule has 1 atom stereocenters. The summed E-state index contributed by atoms with van der Waals surface area (Å²) in [6.07, 6.45) is 4.80. The summed E-state index contributed by atoms with van der Waals surface area (Å²) in [6.45, 7) is 5.34. The molecule has 6 rings (SSSR count). The minimum atomic E-state index is -0.0254. The standard InChI is InChI=1S/C24H30N6O3S/c31-22-2-1-19-24-29(23(32)14-27-19)8-5-18(30(22)24)15-28-6-3-16(4-7-28)25-12-17-11-21-20(13-26-17)33-9-10-34-21/h1-2,11,13,16,18,25,27H,3-10,12,14-15H2. The number of nitrogens with zero attached hydrogens (tertiary/aromatic N) is 4. The van der Waals surface area contributed by atoms with E-state index in [1.165, 1.54) is 4.90 Å². The first-order chi connectivity index (χ1) is 16.7. The lowest BCUT2D eigenvalue weighted by molar-refractivity contribution is -0.117. The number of carbonyl (C=O) groups is 1. The molecule has 1 saturated heterocycles. The van der Waals surface area contributed by atoms with Gasteiger partial charge in [-0.1, -0.05) is 0 Å². The lowest BCUT2D eigenvalue weighted by Crippen LogP contribution is -2.51. The fourth-order valence-electron chi connectivity index (χ4n) is 5.46. The molecule has 2 aromatic heterocycles. The summed E-state index contributed by atoms with van der Waals surface area (Å²) >= 11 is 1.83. The fourth-order valence-corrected chi connectivity index (χ4v) is 6.32. The number of carbonyl (C=O) groups excluding carboxylic acids is 1. The van der Waals surface area contributed by atoms with Crippen LogP contribution in [0.25, 0.3) is 0 Å². The van der Waals surface area contributed by atoms with Gasteiger partial charge in [-0.25, -0.2) is 0 Å². The van der Waals surface area contributed by atoms with Crippen molar-refractivity contribution in [1.82, 2.24) is 19.8 Å². The Kier molecular flexibility index (Phi) is 5.96. The summed E-state index contributed by atoms with van der Waals surface area (Å²) in [5, 5.41) is 6.85. The molecule has 0 radical (unpaired) electrons. The number of thioether (sulfide) groups is 1. The van der Waals surface area contributed by atoms with E-state index in [2.05, 4.69) is 26.6 Å². The van der Waals surface area contributed by atoms with Gasteiger partial charge < -0.3 is 20.3 Å². The Labute approximate surface area is 202 Å². The maximum absolute atomic E-state index is 12.8. The highest BCUT2D eigenvalue weighted by atomic mass is 32.2. The van der Waals surface area contributed by atoms with Crippen molar-refractivity contribution < 1.29 is 9.53 Å². The molecule has 0 saturated carbocycles. The molecule has 0 bridgehead atoms. The molecule has 2 N–H and O–H groups in total. The molecule has 1 fully saturated rings. The summed E-state index contributed by atoms with van der Waals surface area (Å²) in [4.78, 5) is 35.1. The second kappa shape index (κ2) is 9.24. The third kappa shape index (κ3) is 4.18. The van der Waals surface area contributed by atoms with Crippen LogP contribution in [-0.2, 0) is 11.3 Å². The number of rotatable bonds is 5. The molecule has 1 unspecified atom stereocenters. The van der Waals surface area contributed by atoms with Crippen LogP contribution < -0.4 is 25.8 Å². The first-order valence-electron chi connectivity index (χ1n) is 12.2. The molecule has 0 spiro atoms. The molecule has 0 aromatic carbocycles. The van der Waals surface area contributed by atoms with Crippen molar-refractivity contribution in [2.45, 2.75) is 42.8 Å². The first-order valence-corrected chi connectivity index (χ1v) is 13.1. The zero-order chi connectivity index (χ0) is 23.1. The second-order valence-corrected chi connectivity index (χ2v) is 10.5. The normalized spacial score (nSPS) is 22.5. The number of pyridine rings is 2. The van der Waals surface area contributed by atoms with Gasteiger partial charge in [-0.15, -0.1) is 11.8 Å². The minimum Gasteiger partial charge on any atom is -0.490 e. The highest BCUT2D eigenvalue weighted by Crippen LogP contribution is 2.36. The van der Waals surface area contributed by atoms with Crippen molar-refractivity contribution in [3.05, 3.63) is 40.4 Å². The van der Waals surface area contributed by atoms with Crippen LogP contribution in [0.5, 0.6) is 5.75 Å². The monoisotopic (exact) mass is 482 g/mol. The largest absolute Gasteiger partial charge is 0.490 e. The minimum absolute atomic E-state index is 0.0254. The van der Waals surface area contributed by atoms with Crippen molar-refractivity contribution in [2.24, 2.45) is 0 Å². The Balaban J connectivity index is 1.06. The van der Waals surface area contributed by atoms with Gasteiger partial charge in [-0.2, -0.15) is 0 Å². The third-order valence-corrected chi connectivity index (χ3v) is 8.25. The van der Waals surface area contributed by atoms with E-state index in [9.17, 15) is 9.59 Å². The van der Waals surface area contributed by atoms with Crippen LogP contribution >= 0.6 is 11.8 Å². The molecule has 180 valence electrons. The molecule has 1 amide bonds. The van der Waals surface area contributed by atoms with Gasteiger partial charge in [0.2, 0.25) is 5.91 Å². The maximum Gasteiger partial charge on any atom is 0.252 e. The second-order valence-electron chi connectivity index (χ2n) is 9.40. The predicted octanol–water partition coefficient (Wildman–Crippen LogP) is 1.69. The number of hydrogen-bond acceptors (Lipinski definition) is 8. The first kappa shape index (κ1) is 21.9. The molecule has 2 aromatic rings. The Morgan fingerprint density at radius 3 is 2.94 bits per heavy atom. The number of piperidine rings is 1. The summed E-state index contributed by atoms with van der Waals surface area (Å²) in [5.74, 6) is 2.68. The molecular weight excluding hydrogens is 452 g/mol. The summed E-state index contributed by atoms with van der Waals surface area (Å²) in [7, 11) is 0. The number of ether oxygens (including phenoxy) is 1. The number of anilines is 2. The molecular formula is C24H30N6O3S. The average Bonchev–Trinajstić information content (AvgIpc) is 2.87. The smallest absolute Gasteiger partial charge is 0.252 e. The highest BCUT2D eigenvalue weighted by Gasteiger charge is 2.35. The van der Waals surface area contributed by atoms with Crippen molar-refractivity contribution in [3.63, 3.8) is 0 Å².